The van der Waals surface area contributed by atoms with Crippen LogP contribution in [0.3, 0.4) is 0 Å². The summed E-state index contributed by atoms with van der Waals surface area (Å²) >= 11 is 0. The van der Waals surface area contributed by atoms with Crippen LogP contribution in [0.4, 0.5) is 15.8 Å². The molecule has 1 aliphatic heterocycles. The van der Waals surface area contributed by atoms with Crippen molar-refractivity contribution >= 4 is 22.3 Å². The van der Waals surface area contributed by atoms with Crippen molar-refractivity contribution in [2.24, 2.45) is 5.73 Å². The molecule has 0 amide bonds. The predicted molar refractivity (Wildman–Crippen MR) is 77.8 cm³/mol. The smallest absolute Gasteiger partial charge is 0.281 e. The van der Waals surface area contributed by atoms with Crippen LogP contribution in [0.2, 0.25) is 0 Å². The maximum atomic E-state index is 14.4. The van der Waals surface area contributed by atoms with Crippen LogP contribution < -0.4 is 10.6 Å². The Labute approximate surface area is 120 Å². The summed E-state index contributed by atoms with van der Waals surface area (Å²) in [7, 11) is 0. The molecule has 7 heteroatoms. The predicted octanol–water partition coefficient (Wildman–Crippen LogP) is 2.21. The first-order valence-electron chi connectivity index (χ1n) is 6.80. The third-order valence-electron chi connectivity index (χ3n) is 3.77. The molecule has 1 aromatic heterocycles. The average molecular weight is 290 g/mol. The molecule has 3 rings (SSSR count). The summed E-state index contributed by atoms with van der Waals surface area (Å²) in [5.41, 5.74) is 6.31. The van der Waals surface area contributed by atoms with Crippen molar-refractivity contribution in [3.8, 4) is 0 Å². The Balaban J connectivity index is 2.21. The van der Waals surface area contributed by atoms with Crippen molar-refractivity contribution in [1.82, 2.24) is 4.98 Å². The van der Waals surface area contributed by atoms with Gasteiger partial charge in [0.15, 0.2) is 5.82 Å². The zero-order valence-electron chi connectivity index (χ0n) is 11.3. The fourth-order valence-electron chi connectivity index (χ4n) is 2.84. The number of fused-ring (bicyclic) bond motifs is 1. The van der Waals surface area contributed by atoms with Crippen molar-refractivity contribution < 1.29 is 9.31 Å². The van der Waals surface area contributed by atoms with Crippen LogP contribution >= 0.6 is 0 Å². The Morgan fingerprint density at radius 3 is 3.05 bits per heavy atom. The lowest BCUT2D eigenvalue weighted by Gasteiger charge is -2.33. The lowest BCUT2D eigenvalue weighted by atomic mass is 10.0. The number of hydrogen-bond acceptors (Lipinski definition) is 5. The second-order valence-corrected chi connectivity index (χ2v) is 5.23. The molecule has 1 unspecified atom stereocenters. The minimum absolute atomic E-state index is 0.0212. The first kappa shape index (κ1) is 13.7. The molecular formula is C14H15FN4O2. The van der Waals surface area contributed by atoms with Crippen LogP contribution in [-0.2, 0) is 0 Å². The molecule has 21 heavy (non-hydrogen) atoms. The van der Waals surface area contributed by atoms with Crippen molar-refractivity contribution in [2.75, 3.05) is 18.0 Å². The van der Waals surface area contributed by atoms with Gasteiger partial charge in [-0.15, -0.1) is 0 Å². The molecule has 1 fully saturated rings. The average Bonchev–Trinajstić information content (AvgIpc) is 2.46. The number of rotatable bonds is 2. The molecule has 110 valence electrons. The quantitative estimate of drug-likeness (QED) is 0.677. The third-order valence-corrected chi connectivity index (χ3v) is 3.77. The zero-order valence-corrected chi connectivity index (χ0v) is 11.3. The Hall–Kier alpha value is -2.28. The minimum Gasteiger partial charge on any atom is -0.366 e. The molecule has 2 aromatic rings. The molecule has 0 spiro atoms. The van der Waals surface area contributed by atoms with E-state index < -0.39 is 10.7 Å². The number of aromatic nitrogens is 1. The highest BCUT2D eigenvalue weighted by molar-refractivity contribution is 5.97. The van der Waals surface area contributed by atoms with E-state index in [-0.39, 0.29) is 11.7 Å². The Bertz CT molecular complexity index is 707. The van der Waals surface area contributed by atoms with Gasteiger partial charge in [0.25, 0.3) is 5.69 Å². The molecule has 0 radical (unpaired) electrons. The number of nitro benzene ring substituents is 1. The van der Waals surface area contributed by atoms with E-state index in [1.54, 1.807) is 12.1 Å². The van der Waals surface area contributed by atoms with Crippen molar-refractivity contribution in [2.45, 2.75) is 18.9 Å². The number of hydrogen-bond donors (Lipinski definition) is 1. The van der Waals surface area contributed by atoms with Crippen LogP contribution in [0, 0.1) is 15.9 Å². The molecule has 2 N–H and O–H groups in total. The highest BCUT2D eigenvalue weighted by Gasteiger charge is 2.26. The van der Waals surface area contributed by atoms with Crippen molar-refractivity contribution in [3.05, 3.63) is 40.3 Å². The summed E-state index contributed by atoms with van der Waals surface area (Å²) in [5, 5.41) is 11.4. The van der Waals surface area contributed by atoms with Gasteiger partial charge < -0.3 is 10.6 Å². The summed E-state index contributed by atoms with van der Waals surface area (Å²) in [6, 6.07) is 4.15. The first-order valence-corrected chi connectivity index (χ1v) is 6.80. The number of anilines is 1. The van der Waals surface area contributed by atoms with Gasteiger partial charge >= 0.3 is 0 Å². The number of pyridine rings is 1. The molecule has 0 saturated carbocycles. The van der Waals surface area contributed by atoms with Gasteiger partial charge in [-0.05, 0) is 25.0 Å². The Morgan fingerprint density at radius 1 is 1.52 bits per heavy atom. The van der Waals surface area contributed by atoms with Crippen molar-refractivity contribution in [1.29, 1.82) is 0 Å². The normalized spacial score (nSPS) is 19.0. The van der Waals surface area contributed by atoms with E-state index in [1.165, 1.54) is 6.20 Å². The maximum Gasteiger partial charge on any atom is 0.281 e. The van der Waals surface area contributed by atoms with E-state index in [2.05, 4.69) is 4.98 Å². The molecule has 6 nitrogen and oxygen atoms in total. The summed E-state index contributed by atoms with van der Waals surface area (Å²) in [5.74, 6) is -0.623. The summed E-state index contributed by atoms with van der Waals surface area (Å²) in [4.78, 5) is 16.5. The van der Waals surface area contributed by atoms with Gasteiger partial charge in [0.05, 0.1) is 16.4 Å². The van der Waals surface area contributed by atoms with Gasteiger partial charge in [0.2, 0.25) is 0 Å². The molecule has 0 bridgehead atoms. The first-order chi connectivity index (χ1) is 10.1. The minimum atomic E-state index is -0.623. The van der Waals surface area contributed by atoms with E-state index in [9.17, 15) is 14.5 Å². The topological polar surface area (TPSA) is 85.3 Å². The second-order valence-electron chi connectivity index (χ2n) is 5.23. The number of nitrogens with two attached hydrogens (primary N) is 1. The number of halogens is 1. The third kappa shape index (κ3) is 2.40. The maximum absolute atomic E-state index is 14.4. The molecule has 1 atom stereocenters. The number of benzene rings is 1. The lowest BCUT2D eigenvalue weighted by molar-refractivity contribution is -0.383. The largest absolute Gasteiger partial charge is 0.366 e. The van der Waals surface area contributed by atoms with E-state index in [4.69, 9.17) is 5.73 Å². The zero-order chi connectivity index (χ0) is 15.0. The number of non-ortho nitro benzene ring substituents is 1. The fraction of sp³-hybridized carbons (Fsp3) is 0.357. The van der Waals surface area contributed by atoms with Gasteiger partial charge in [0.1, 0.15) is 11.2 Å². The number of piperidine rings is 1. The van der Waals surface area contributed by atoms with E-state index in [0.717, 1.165) is 18.9 Å². The second kappa shape index (κ2) is 5.25. The van der Waals surface area contributed by atoms with Crippen LogP contribution in [0.15, 0.2) is 24.4 Å². The van der Waals surface area contributed by atoms with E-state index in [0.29, 0.717) is 29.7 Å². The van der Waals surface area contributed by atoms with Crippen LogP contribution in [0.1, 0.15) is 12.8 Å². The van der Waals surface area contributed by atoms with Gasteiger partial charge in [0, 0.05) is 25.3 Å². The Morgan fingerprint density at radius 2 is 2.33 bits per heavy atom. The van der Waals surface area contributed by atoms with Gasteiger partial charge in [-0.25, -0.2) is 4.39 Å². The summed E-state index contributed by atoms with van der Waals surface area (Å²) in [6.45, 7) is 1.20. The monoisotopic (exact) mass is 290 g/mol. The molecular weight excluding hydrogens is 275 g/mol. The molecule has 2 heterocycles. The number of nitro groups is 1. The number of nitrogens with zero attached hydrogens (tertiary/aromatic N) is 3. The Kier molecular flexibility index (Phi) is 3.42. The standard InChI is InChI=1S/C14H15FN4O2/c15-11-7-12(19(20)21)10-4-1-5-17-13(10)14(11)18-6-2-3-9(16)8-18/h1,4-5,7,9H,2-3,6,8,16H2. The molecule has 1 aliphatic rings. The SMILES string of the molecule is NC1CCCN(c2c(F)cc([N+](=O)[O-])c3cccnc23)C1. The van der Waals surface area contributed by atoms with Gasteiger partial charge in [-0.3, -0.25) is 15.1 Å². The summed E-state index contributed by atoms with van der Waals surface area (Å²) in [6.07, 6.45) is 3.28. The fourth-order valence-corrected chi connectivity index (χ4v) is 2.84. The molecule has 0 aliphatic carbocycles. The van der Waals surface area contributed by atoms with E-state index >= 15 is 0 Å². The molecule has 1 saturated heterocycles. The van der Waals surface area contributed by atoms with Crippen molar-refractivity contribution in [3.63, 3.8) is 0 Å². The highest BCUT2D eigenvalue weighted by atomic mass is 19.1. The summed E-state index contributed by atoms with van der Waals surface area (Å²) < 4.78 is 14.4. The van der Waals surface area contributed by atoms with Crippen LogP contribution in [0.5, 0.6) is 0 Å². The van der Waals surface area contributed by atoms with Crippen LogP contribution in [-0.4, -0.2) is 29.0 Å². The van der Waals surface area contributed by atoms with Crippen LogP contribution in [0.25, 0.3) is 10.9 Å². The lowest BCUT2D eigenvalue weighted by Crippen LogP contribution is -2.43. The highest BCUT2D eigenvalue weighted by Crippen LogP contribution is 2.35. The van der Waals surface area contributed by atoms with Gasteiger partial charge in [-0.1, -0.05) is 0 Å². The van der Waals surface area contributed by atoms with E-state index in [1.807, 2.05) is 4.90 Å². The van der Waals surface area contributed by atoms with Gasteiger partial charge in [-0.2, -0.15) is 0 Å². The molecule has 1 aromatic carbocycles.